The highest BCUT2D eigenvalue weighted by atomic mass is 31.2. The van der Waals surface area contributed by atoms with Gasteiger partial charge in [0.15, 0.2) is 0 Å². The second-order valence-electron chi connectivity index (χ2n) is 6.27. The molecule has 0 bridgehead atoms. The molecule has 2 atom stereocenters. The smallest absolute Gasteiger partial charge is 0.00470 e. The topological polar surface area (TPSA) is 0 Å². The van der Waals surface area contributed by atoms with Crippen LogP contribution in [0.4, 0.5) is 0 Å². The van der Waals surface area contributed by atoms with E-state index in [4.69, 9.17) is 0 Å². The molecule has 0 radical (unpaired) electrons. The monoisotopic (exact) mass is 334 g/mol. The molecule has 0 aromatic heterocycles. The number of hydrogen-bond acceptors (Lipinski definition) is 0. The fourth-order valence-electron chi connectivity index (χ4n) is 3.57. The molecule has 1 aliphatic heterocycles. The van der Waals surface area contributed by atoms with Crippen molar-refractivity contribution in [1.29, 1.82) is 0 Å². The van der Waals surface area contributed by atoms with Crippen LogP contribution in [-0.2, 0) is 0 Å². The van der Waals surface area contributed by atoms with Gasteiger partial charge in [0.25, 0.3) is 0 Å². The van der Waals surface area contributed by atoms with Crippen LogP contribution >= 0.6 is 13.8 Å². The zero-order chi connectivity index (χ0) is 15.9. The quantitative estimate of drug-likeness (QED) is 0.629. The summed E-state index contributed by atoms with van der Waals surface area (Å²) in [5, 5.41) is 10.1. The fraction of sp³-hybridized carbons (Fsp3) is 0.0952. The molecule has 1 aliphatic rings. The minimum Gasteiger partial charge on any atom is -0.115 e. The van der Waals surface area contributed by atoms with E-state index in [-0.39, 0.29) is 0 Å². The number of rotatable bonds is 2. The zero-order valence-electron chi connectivity index (χ0n) is 13.5. The summed E-state index contributed by atoms with van der Waals surface area (Å²) in [6.07, 6.45) is 0. The Labute approximate surface area is 138 Å². The van der Waals surface area contributed by atoms with Gasteiger partial charge in [-0.2, -0.15) is 0 Å². The van der Waals surface area contributed by atoms with Crippen molar-refractivity contribution >= 4 is 40.2 Å². The third-order valence-corrected chi connectivity index (χ3v) is 13.5. The van der Waals surface area contributed by atoms with E-state index in [1.165, 1.54) is 21.2 Å². The van der Waals surface area contributed by atoms with Crippen molar-refractivity contribution in [3.8, 4) is 0 Å². The summed E-state index contributed by atoms with van der Waals surface area (Å²) in [5.41, 5.74) is 0. The molecule has 23 heavy (non-hydrogen) atoms. The first-order valence-corrected chi connectivity index (χ1v) is 12.4. The second-order valence-corrected chi connectivity index (χ2v) is 13.1. The molecule has 3 aromatic carbocycles. The minimum absolute atomic E-state index is 1.44. The molecule has 2 heteroatoms. The standard InChI is InChI=1S/C21H20P2/c1-22(18-11-5-3-6-12-18)17-23(2,19-13-7-4-8-14-19)21-16-10-9-15-20(21)22/h3-16H,1-2H3. The molecule has 1 heterocycles. The Hall–Kier alpha value is -1.70. The maximum absolute atomic E-state index is 4.16. The van der Waals surface area contributed by atoms with Crippen LogP contribution in [0.1, 0.15) is 0 Å². The number of hydrogen-bond donors (Lipinski definition) is 0. The Morgan fingerprint density at radius 1 is 0.522 bits per heavy atom. The molecule has 0 N–H and O–H groups in total. The Balaban J connectivity index is 2.15. The van der Waals surface area contributed by atoms with Gasteiger partial charge in [0.2, 0.25) is 0 Å². The van der Waals surface area contributed by atoms with Gasteiger partial charge in [-0.15, -0.1) is 5.17 Å². The molecule has 114 valence electrons. The maximum atomic E-state index is 4.16. The van der Waals surface area contributed by atoms with Crippen molar-refractivity contribution in [1.82, 2.24) is 0 Å². The predicted octanol–water partition coefficient (Wildman–Crippen LogP) is 3.53. The van der Waals surface area contributed by atoms with Crippen LogP contribution in [0.3, 0.4) is 0 Å². The summed E-state index contributed by atoms with van der Waals surface area (Å²) in [6, 6.07) is 30.9. The number of fused-ring (bicyclic) bond motifs is 1. The van der Waals surface area contributed by atoms with E-state index >= 15 is 0 Å². The molecule has 0 saturated heterocycles. The normalized spacial score (nSPS) is 25.3. The van der Waals surface area contributed by atoms with Crippen LogP contribution in [0.15, 0.2) is 84.9 Å². The lowest BCUT2D eigenvalue weighted by atomic mass is 10.4. The molecule has 0 spiro atoms. The van der Waals surface area contributed by atoms with E-state index in [1.54, 1.807) is 0 Å². The maximum Gasteiger partial charge on any atom is -0.00470 e. The molecule has 3 aromatic rings. The molecule has 0 amide bonds. The lowest BCUT2D eigenvalue weighted by Gasteiger charge is -2.20. The summed E-state index contributed by atoms with van der Waals surface area (Å²) in [5.74, 6) is 0. The van der Waals surface area contributed by atoms with Crippen LogP contribution in [-0.4, -0.2) is 18.5 Å². The van der Waals surface area contributed by atoms with Crippen LogP contribution in [0, 0.1) is 0 Å². The summed E-state index contributed by atoms with van der Waals surface area (Å²) in [7, 11) is 0. The largest absolute Gasteiger partial charge is 0.115 e. The molecule has 4 rings (SSSR count). The molecular weight excluding hydrogens is 314 g/mol. The van der Waals surface area contributed by atoms with Gasteiger partial charge in [0, 0.05) is 0 Å². The van der Waals surface area contributed by atoms with Crippen molar-refractivity contribution in [2.24, 2.45) is 0 Å². The van der Waals surface area contributed by atoms with E-state index in [0.29, 0.717) is 0 Å². The Kier molecular flexibility index (Phi) is 3.51. The van der Waals surface area contributed by atoms with E-state index in [9.17, 15) is 0 Å². The van der Waals surface area contributed by atoms with E-state index < -0.39 is 13.8 Å². The molecule has 2 unspecified atom stereocenters. The van der Waals surface area contributed by atoms with E-state index in [2.05, 4.69) is 103 Å². The first-order chi connectivity index (χ1) is 11.1. The molecule has 0 nitrogen and oxygen atoms in total. The van der Waals surface area contributed by atoms with Crippen molar-refractivity contribution in [3.05, 3.63) is 84.9 Å². The lowest BCUT2D eigenvalue weighted by Crippen LogP contribution is -2.27. The van der Waals surface area contributed by atoms with E-state index in [0.717, 1.165) is 0 Å². The Bertz CT molecular complexity index is 900. The third-order valence-electron chi connectivity index (χ3n) is 4.79. The number of benzene rings is 3. The van der Waals surface area contributed by atoms with Gasteiger partial charge in [0.1, 0.15) is 0 Å². The van der Waals surface area contributed by atoms with Crippen LogP contribution in [0.5, 0.6) is 0 Å². The summed E-state index contributed by atoms with van der Waals surface area (Å²) in [6.45, 7) is 1.75. The van der Waals surface area contributed by atoms with Gasteiger partial charge >= 0.3 is 0 Å². The van der Waals surface area contributed by atoms with Crippen molar-refractivity contribution in [3.63, 3.8) is 0 Å². The van der Waals surface area contributed by atoms with Gasteiger partial charge < -0.3 is 0 Å². The highest BCUT2D eigenvalue weighted by molar-refractivity contribution is 8.04. The average molecular weight is 334 g/mol. The summed E-state index contributed by atoms with van der Waals surface area (Å²) < 4.78 is 0. The van der Waals surface area contributed by atoms with Gasteiger partial charge in [-0.25, -0.2) is 0 Å². The predicted molar refractivity (Wildman–Crippen MR) is 109 cm³/mol. The van der Waals surface area contributed by atoms with Crippen molar-refractivity contribution in [2.45, 2.75) is 0 Å². The van der Waals surface area contributed by atoms with Gasteiger partial charge in [-0.1, -0.05) is 84.9 Å². The average Bonchev–Trinajstić information content (AvgIpc) is 2.87. The van der Waals surface area contributed by atoms with Gasteiger partial charge in [-0.05, 0) is 48.3 Å². The van der Waals surface area contributed by atoms with Gasteiger partial charge in [-0.3, -0.25) is 0 Å². The highest BCUT2D eigenvalue weighted by Crippen LogP contribution is 2.53. The van der Waals surface area contributed by atoms with Crippen LogP contribution in [0.2, 0.25) is 0 Å². The molecular formula is C21H20P2. The second kappa shape index (κ2) is 5.43. The first kappa shape index (κ1) is 14.9. The first-order valence-electron chi connectivity index (χ1n) is 7.88. The van der Waals surface area contributed by atoms with Gasteiger partial charge in [0.05, 0.1) is 0 Å². The summed E-state index contributed by atoms with van der Waals surface area (Å²) >= 11 is 0. The molecule has 0 fully saturated rings. The Morgan fingerprint density at radius 3 is 1.26 bits per heavy atom. The summed E-state index contributed by atoms with van der Waals surface area (Å²) in [4.78, 5) is 0. The Morgan fingerprint density at radius 2 is 0.870 bits per heavy atom. The zero-order valence-corrected chi connectivity index (χ0v) is 15.3. The fourth-order valence-corrected chi connectivity index (χ4v) is 13.7. The molecule has 0 saturated carbocycles. The van der Waals surface area contributed by atoms with E-state index in [1.807, 2.05) is 0 Å². The van der Waals surface area contributed by atoms with Crippen LogP contribution < -0.4 is 21.2 Å². The molecule has 0 aliphatic carbocycles. The third kappa shape index (κ3) is 2.22. The minimum atomic E-state index is -1.55. The SMILES string of the molecule is CP1(c2ccccc2)=C=P(C)(c2ccccc2)c2ccccc21. The van der Waals surface area contributed by atoms with Crippen molar-refractivity contribution in [2.75, 3.05) is 13.3 Å². The van der Waals surface area contributed by atoms with Crippen LogP contribution in [0.25, 0.3) is 0 Å². The highest BCUT2D eigenvalue weighted by Gasteiger charge is 2.32. The lowest BCUT2D eigenvalue weighted by molar-refractivity contribution is 1.76. The van der Waals surface area contributed by atoms with Crippen molar-refractivity contribution < 1.29 is 0 Å².